The summed E-state index contributed by atoms with van der Waals surface area (Å²) in [6.45, 7) is 3.37. The van der Waals surface area contributed by atoms with Gasteiger partial charge in [0, 0.05) is 48.8 Å². The molecular formula is C26H25F3N4O2. The van der Waals surface area contributed by atoms with E-state index in [2.05, 4.69) is 32.6 Å². The molecular weight excluding hydrogens is 457 g/mol. The fourth-order valence-corrected chi connectivity index (χ4v) is 3.92. The third kappa shape index (κ3) is 6.60. The summed E-state index contributed by atoms with van der Waals surface area (Å²) in [5.41, 5.74) is 1.01. The maximum absolute atomic E-state index is 12.9. The van der Waals surface area contributed by atoms with Gasteiger partial charge in [0.1, 0.15) is 0 Å². The van der Waals surface area contributed by atoms with E-state index in [4.69, 9.17) is 0 Å². The standard InChI is InChI=1S/C26H25F3N4O2/c27-26(28,29)20-7-5-9-22(17-20)31-25(35)19-6-4-8-21(16-19)30-24(34)18-32-12-14-33(15-13-32)23-10-2-1-3-11-23/h1-11,16-17H,12-15,18H2,(H,30,34)(H,31,35). The highest BCUT2D eigenvalue weighted by Gasteiger charge is 2.30. The van der Waals surface area contributed by atoms with Crippen molar-refractivity contribution in [3.05, 3.63) is 90.0 Å². The zero-order valence-electron chi connectivity index (χ0n) is 18.9. The number of anilines is 3. The number of halogens is 3. The Balaban J connectivity index is 1.30. The highest BCUT2D eigenvalue weighted by atomic mass is 19.4. The summed E-state index contributed by atoms with van der Waals surface area (Å²) < 4.78 is 38.7. The fraction of sp³-hybridized carbons (Fsp3) is 0.231. The maximum atomic E-state index is 12.9. The topological polar surface area (TPSA) is 64.7 Å². The molecule has 3 aromatic rings. The van der Waals surface area contributed by atoms with Crippen LogP contribution in [0.3, 0.4) is 0 Å². The van der Waals surface area contributed by atoms with E-state index in [1.54, 1.807) is 12.1 Å². The molecule has 0 aliphatic carbocycles. The van der Waals surface area contributed by atoms with Crippen LogP contribution in [0.2, 0.25) is 0 Å². The lowest BCUT2D eigenvalue weighted by molar-refractivity contribution is -0.137. The van der Waals surface area contributed by atoms with Crippen molar-refractivity contribution in [1.29, 1.82) is 0 Å². The predicted octanol–water partition coefficient (Wildman–Crippen LogP) is 4.72. The second-order valence-corrected chi connectivity index (χ2v) is 8.26. The Hall–Kier alpha value is -3.85. The summed E-state index contributed by atoms with van der Waals surface area (Å²) in [6.07, 6.45) is -4.50. The van der Waals surface area contributed by atoms with Crippen LogP contribution >= 0.6 is 0 Å². The number of hydrogen-bond acceptors (Lipinski definition) is 4. The van der Waals surface area contributed by atoms with E-state index in [0.29, 0.717) is 5.69 Å². The number of amides is 2. The van der Waals surface area contributed by atoms with Gasteiger partial charge in [-0.1, -0.05) is 30.3 Å². The summed E-state index contributed by atoms with van der Waals surface area (Å²) in [5.74, 6) is -0.772. The number of alkyl halides is 3. The van der Waals surface area contributed by atoms with E-state index in [-0.39, 0.29) is 23.7 Å². The molecule has 182 valence electrons. The van der Waals surface area contributed by atoms with Crippen molar-refractivity contribution in [2.45, 2.75) is 6.18 Å². The maximum Gasteiger partial charge on any atom is 0.416 e. The highest BCUT2D eigenvalue weighted by Crippen LogP contribution is 2.30. The summed E-state index contributed by atoms with van der Waals surface area (Å²) in [7, 11) is 0. The average molecular weight is 483 g/mol. The van der Waals surface area contributed by atoms with Crippen LogP contribution in [0.4, 0.5) is 30.2 Å². The molecule has 0 radical (unpaired) electrons. The van der Waals surface area contributed by atoms with E-state index in [0.717, 1.165) is 44.0 Å². The van der Waals surface area contributed by atoms with Gasteiger partial charge in [-0.2, -0.15) is 13.2 Å². The van der Waals surface area contributed by atoms with Gasteiger partial charge in [0.05, 0.1) is 12.1 Å². The minimum Gasteiger partial charge on any atom is -0.369 e. The molecule has 0 aromatic heterocycles. The SMILES string of the molecule is O=C(CN1CCN(c2ccccc2)CC1)Nc1cccc(C(=O)Nc2cccc(C(F)(F)F)c2)c1. The third-order valence-electron chi connectivity index (χ3n) is 5.72. The molecule has 0 atom stereocenters. The molecule has 3 aromatic carbocycles. The first kappa shape index (κ1) is 24.3. The van der Waals surface area contributed by atoms with Crippen LogP contribution in [-0.2, 0) is 11.0 Å². The van der Waals surface area contributed by atoms with Crippen molar-refractivity contribution in [1.82, 2.24) is 4.90 Å². The molecule has 6 nitrogen and oxygen atoms in total. The first-order chi connectivity index (χ1) is 16.8. The largest absolute Gasteiger partial charge is 0.416 e. The second-order valence-electron chi connectivity index (χ2n) is 8.26. The van der Waals surface area contributed by atoms with Gasteiger partial charge in [-0.15, -0.1) is 0 Å². The molecule has 0 spiro atoms. The number of rotatable bonds is 6. The number of nitrogens with one attached hydrogen (secondary N) is 2. The summed E-state index contributed by atoms with van der Waals surface area (Å²) >= 11 is 0. The summed E-state index contributed by atoms with van der Waals surface area (Å²) in [6, 6.07) is 20.8. The van der Waals surface area contributed by atoms with Crippen LogP contribution in [0.15, 0.2) is 78.9 Å². The van der Waals surface area contributed by atoms with Gasteiger partial charge in [-0.05, 0) is 48.5 Å². The van der Waals surface area contributed by atoms with Gasteiger partial charge in [0.15, 0.2) is 0 Å². The lowest BCUT2D eigenvalue weighted by atomic mass is 10.1. The van der Waals surface area contributed by atoms with Crippen LogP contribution in [-0.4, -0.2) is 49.4 Å². The Morgan fingerprint density at radius 2 is 1.43 bits per heavy atom. The van der Waals surface area contributed by atoms with Gasteiger partial charge < -0.3 is 15.5 Å². The molecule has 0 unspecified atom stereocenters. The lowest BCUT2D eigenvalue weighted by Crippen LogP contribution is -2.48. The Labute approximate surface area is 201 Å². The van der Waals surface area contributed by atoms with Gasteiger partial charge in [-0.25, -0.2) is 0 Å². The van der Waals surface area contributed by atoms with E-state index in [1.807, 2.05) is 18.2 Å². The molecule has 0 saturated carbocycles. The van der Waals surface area contributed by atoms with Crippen LogP contribution < -0.4 is 15.5 Å². The van der Waals surface area contributed by atoms with Crippen molar-refractivity contribution >= 4 is 28.9 Å². The van der Waals surface area contributed by atoms with Gasteiger partial charge in [-0.3, -0.25) is 14.5 Å². The molecule has 1 aliphatic heterocycles. The zero-order valence-corrected chi connectivity index (χ0v) is 18.9. The first-order valence-corrected chi connectivity index (χ1v) is 11.2. The molecule has 4 rings (SSSR count). The first-order valence-electron chi connectivity index (χ1n) is 11.2. The molecule has 1 aliphatic rings. The molecule has 35 heavy (non-hydrogen) atoms. The highest BCUT2D eigenvalue weighted by molar-refractivity contribution is 6.05. The van der Waals surface area contributed by atoms with Gasteiger partial charge >= 0.3 is 6.18 Å². The quantitative estimate of drug-likeness (QED) is 0.534. The second kappa shape index (κ2) is 10.6. The number of benzene rings is 3. The van der Waals surface area contributed by atoms with E-state index >= 15 is 0 Å². The number of hydrogen-bond donors (Lipinski definition) is 2. The number of para-hydroxylation sites is 1. The van der Waals surface area contributed by atoms with Crippen LogP contribution in [0.5, 0.6) is 0 Å². The Morgan fingerprint density at radius 1 is 0.771 bits per heavy atom. The number of nitrogens with zero attached hydrogens (tertiary/aromatic N) is 2. The van der Waals surface area contributed by atoms with Crippen LogP contribution in [0, 0.1) is 0 Å². The molecule has 2 N–H and O–H groups in total. The average Bonchev–Trinajstić information content (AvgIpc) is 2.85. The monoisotopic (exact) mass is 482 g/mol. The number of carbonyl (C=O) groups is 2. The Morgan fingerprint density at radius 3 is 2.11 bits per heavy atom. The normalized spacial score (nSPS) is 14.4. The Kier molecular flexibility index (Phi) is 7.36. The van der Waals surface area contributed by atoms with Crippen LogP contribution in [0.25, 0.3) is 0 Å². The molecule has 0 bridgehead atoms. The Bertz CT molecular complexity index is 1180. The van der Waals surface area contributed by atoms with E-state index < -0.39 is 17.6 Å². The van der Waals surface area contributed by atoms with E-state index in [1.165, 1.54) is 24.3 Å². The zero-order chi connectivity index (χ0) is 24.8. The van der Waals surface area contributed by atoms with Crippen LogP contribution in [0.1, 0.15) is 15.9 Å². The summed E-state index contributed by atoms with van der Waals surface area (Å²) in [5, 5.41) is 5.27. The van der Waals surface area contributed by atoms with Crippen molar-refractivity contribution in [3.63, 3.8) is 0 Å². The molecule has 1 saturated heterocycles. The minimum absolute atomic E-state index is 0.0360. The molecule has 1 heterocycles. The molecule has 2 amide bonds. The molecule has 9 heteroatoms. The van der Waals surface area contributed by atoms with Crippen molar-refractivity contribution < 1.29 is 22.8 Å². The van der Waals surface area contributed by atoms with E-state index in [9.17, 15) is 22.8 Å². The molecule has 1 fully saturated rings. The smallest absolute Gasteiger partial charge is 0.369 e. The fourth-order valence-electron chi connectivity index (χ4n) is 3.92. The number of piperazine rings is 1. The third-order valence-corrected chi connectivity index (χ3v) is 5.72. The lowest BCUT2D eigenvalue weighted by Gasteiger charge is -2.35. The summed E-state index contributed by atoms with van der Waals surface area (Å²) in [4.78, 5) is 29.5. The van der Waals surface area contributed by atoms with Crippen molar-refractivity contribution in [2.75, 3.05) is 48.3 Å². The van der Waals surface area contributed by atoms with Gasteiger partial charge in [0.2, 0.25) is 5.91 Å². The minimum atomic E-state index is -4.50. The van der Waals surface area contributed by atoms with Gasteiger partial charge in [0.25, 0.3) is 5.91 Å². The predicted molar refractivity (Wildman–Crippen MR) is 130 cm³/mol. The van der Waals surface area contributed by atoms with Crippen molar-refractivity contribution in [3.8, 4) is 0 Å². The number of carbonyl (C=O) groups excluding carboxylic acids is 2. The van der Waals surface area contributed by atoms with Crippen molar-refractivity contribution in [2.24, 2.45) is 0 Å².